The van der Waals surface area contributed by atoms with E-state index in [2.05, 4.69) is 103 Å². The predicted molar refractivity (Wildman–Crippen MR) is 114 cm³/mol. The van der Waals surface area contributed by atoms with E-state index >= 15 is 0 Å². The van der Waals surface area contributed by atoms with Gasteiger partial charge in [-0.25, -0.2) is 0 Å². The molecular weight excluding hydrogens is 338 g/mol. The summed E-state index contributed by atoms with van der Waals surface area (Å²) < 4.78 is 0. The van der Waals surface area contributed by atoms with Gasteiger partial charge in [0.1, 0.15) is 0 Å². The minimum atomic E-state index is 0. The summed E-state index contributed by atoms with van der Waals surface area (Å²) in [5.74, 6) is 0.443. The Kier molecular flexibility index (Phi) is 8.40. The van der Waals surface area contributed by atoms with Crippen LogP contribution in [-0.4, -0.2) is 12.6 Å². The van der Waals surface area contributed by atoms with E-state index in [4.69, 9.17) is 0 Å². The Morgan fingerprint density at radius 1 is 0.692 bits per heavy atom. The van der Waals surface area contributed by atoms with E-state index in [1.807, 2.05) is 0 Å². The molecule has 3 aromatic carbocycles. The van der Waals surface area contributed by atoms with Crippen LogP contribution in [0.2, 0.25) is 0 Å². The summed E-state index contributed by atoms with van der Waals surface area (Å²) in [4.78, 5) is 0. The molecule has 0 aliphatic rings. The van der Waals surface area contributed by atoms with Gasteiger partial charge in [-0.15, -0.1) is 12.4 Å². The van der Waals surface area contributed by atoms with Crippen LogP contribution in [0.1, 0.15) is 36.0 Å². The highest BCUT2D eigenvalue weighted by atomic mass is 35.5. The number of benzene rings is 3. The first-order valence-corrected chi connectivity index (χ1v) is 9.20. The monoisotopic (exact) mass is 365 g/mol. The second-order valence-electron chi connectivity index (χ2n) is 6.71. The summed E-state index contributed by atoms with van der Waals surface area (Å²) in [7, 11) is 0. The van der Waals surface area contributed by atoms with Crippen molar-refractivity contribution in [3.8, 4) is 0 Å². The Labute approximate surface area is 163 Å². The highest BCUT2D eigenvalue weighted by Crippen LogP contribution is 2.27. The summed E-state index contributed by atoms with van der Waals surface area (Å²) in [5.41, 5.74) is 4.18. The van der Waals surface area contributed by atoms with Crippen LogP contribution in [0.5, 0.6) is 0 Å². The molecule has 1 N–H and O–H groups in total. The Balaban J connectivity index is 0.00000243. The fourth-order valence-corrected chi connectivity index (χ4v) is 3.41. The van der Waals surface area contributed by atoms with Gasteiger partial charge >= 0.3 is 0 Å². The van der Waals surface area contributed by atoms with E-state index < -0.39 is 0 Å². The Morgan fingerprint density at radius 2 is 1.15 bits per heavy atom. The molecule has 0 fully saturated rings. The smallest absolute Gasteiger partial charge is 0.0101 e. The van der Waals surface area contributed by atoms with Crippen molar-refractivity contribution >= 4 is 12.4 Å². The van der Waals surface area contributed by atoms with Gasteiger partial charge < -0.3 is 5.32 Å². The molecule has 0 aromatic heterocycles. The Bertz CT molecular complexity index is 688. The molecule has 2 heteroatoms. The maximum atomic E-state index is 3.70. The van der Waals surface area contributed by atoms with Gasteiger partial charge in [-0.2, -0.15) is 0 Å². The maximum Gasteiger partial charge on any atom is 0.0101 e. The molecule has 3 rings (SSSR count). The van der Waals surface area contributed by atoms with Crippen molar-refractivity contribution in [3.05, 3.63) is 108 Å². The van der Waals surface area contributed by atoms with Crippen LogP contribution in [0.15, 0.2) is 91.0 Å². The third-order valence-corrected chi connectivity index (χ3v) is 4.71. The maximum absolute atomic E-state index is 3.70. The van der Waals surface area contributed by atoms with Gasteiger partial charge in [-0.3, -0.25) is 0 Å². The lowest BCUT2D eigenvalue weighted by molar-refractivity contribution is 0.520. The Hall–Kier alpha value is -2.09. The molecule has 0 saturated heterocycles. The molecule has 0 spiro atoms. The van der Waals surface area contributed by atoms with E-state index in [-0.39, 0.29) is 12.4 Å². The summed E-state index contributed by atoms with van der Waals surface area (Å²) >= 11 is 0. The second kappa shape index (κ2) is 10.8. The molecular formula is C24H28ClN. The number of halogens is 1. The van der Waals surface area contributed by atoms with Crippen LogP contribution in [0.3, 0.4) is 0 Å². The largest absolute Gasteiger partial charge is 0.314 e. The third kappa shape index (κ3) is 6.01. The summed E-state index contributed by atoms with van der Waals surface area (Å²) in [6, 6.07) is 32.9. The first-order valence-electron chi connectivity index (χ1n) is 9.20. The number of rotatable bonds is 8. The van der Waals surface area contributed by atoms with Crippen LogP contribution in [0, 0.1) is 0 Å². The molecule has 0 radical (unpaired) electrons. The molecule has 136 valence electrons. The van der Waals surface area contributed by atoms with Crippen molar-refractivity contribution < 1.29 is 0 Å². The van der Waals surface area contributed by atoms with E-state index in [1.165, 1.54) is 16.7 Å². The average molecular weight is 366 g/mol. The first-order chi connectivity index (χ1) is 12.3. The minimum absolute atomic E-state index is 0. The van der Waals surface area contributed by atoms with E-state index in [0.29, 0.717) is 12.0 Å². The van der Waals surface area contributed by atoms with E-state index in [1.54, 1.807) is 0 Å². The van der Waals surface area contributed by atoms with Crippen molar-refractivity contribution in [2.24, 2.45) is 0 Å². The standard InChI is InChI=1S/C24H27N.ClH/c1-20(19-21-11-5-2-6-12-21)25-18-17-24(22-13-7-3-8-14-22)23-15-9-4-10-16-23;/h2-16,20,24-25H,17-19H2,1H3;1H. The minimum Gasteiger partial charge on any atom is -0.314 e. The van der Waals surface area contributed by atoms with Crippen molar-refractivity contribution in [2.45, 2.75) is 31.7 Å². The van der Waals surface area contributed by atoms with Gasteiger partial charge in [0.15, 0.2) is 0 Å². The Morgan fingerprint density at radius 3 is 1.65 bits per heavy atom. The van der Waals surface area contributed by atoms with E-state index in [0.717, 1.165) is 19.4 Å². The normalized spacial score (nSPS) is 11.8. The molecule has 1 unspecified atom stereocenters. The lowest BCUT2D eigenvalue weighted by Crippen LogP contribution is -2.30. The molecule has 1 nitrogen and oxygen atoms in total. The van der Waals surface area contributed by atoms with Gasteiger partial charge in [-0.05, 0) is 43.0 Å². The number of hydrogen-bond donors (Lipinski definition) is 1. The molecule has 26 heavy (non-hydrogen) atoms. The zero-order valence-electron chi connectivity index (χ0n) is 15.3. The number of nitrogens with one attached hydrogen (secondary N) is 1. The second-order valence-corrected chi connectivity index (χ2v) is 6.71. The summed E-state index contributed by atoms with van der Waals surface area (Å²) in [5, 5.41) is 3.70. The SMILES string of the molecule is CC(Cc1ccccc1)NCCC(c1ccccc1)c1ccccc1.Cl. The molecule has 0 heterocycles. The topological polar surface area (TPSA) is 12.0 Å². The molecule has 0 amide bonds. The number of hydrogen-bond acceptors (Lipinski definition) is 1. The van der Waals surface area contributed by atoms with E-state index in [9.17, 15) is 0 Å². The van der Waals surface area contributed by atoms with Crippen LogP contribution in [-0.2, 0) is 6.42 Å². The predicted octanol–water partition coefficient (Wildman–Crippen LogP) is 5.85. The quantitative estimate of drug-likeness (QED) is 0.527. The average Bonchev–Trinajstić information content (AvgIpc) is 2.67. The van der Waals surface area contributed by atoms with Crippen LogP contribution in [0.4, 0.5) is 0 Å². The zero-order valence-corrected chi connectivity index (χ0v) is 16.2. The van der Waals surface area contributed by atoms with Gasteiger partial charge in [0.2, 0.25) is 0 Å². The molecule has 1 atom stereocenters. The fraction of sp³-hybridized carbons (Fsp3) is 0.250. The van der Waals surface area contributed by atoms with Crippen molar-refractivity contribution in [2.75, 3.05) is 6.54 Å². The van der Waals surface area contributed by atoms with Crippen molar-refractivity contribution in [1.29, 1.82) is 0 Å². The summed E-state index contributed by atoms with van der Waals surface area (Å²) in [6.07, 6.45) is 2.18. The third-order valence-electron chi connectivity index (χ3n) is 4.71. The molecule has 0 bridgehead atoms. The first kappa shape index (κ1) is 20.2. The van der Waals surface area contributed by atoms with Gasteiger partial charge in [0.25, 0.3) is 0 Å². The van der Waals surface area contributed by atoms with Crippen LogP contribution in [0.25, 0.3) is 0 Å². The fourth-order valence-electron chi connectivity index (χ4n) is 3.41. The molecule has 0 saturated carbocycles. The van der Waals surface area contributed by atoms with Crippen LogP contribution >= 0.6 is 12.4 Å². The highest BCUT2D eigenvalue weighted by Gasteiger charge is 2.14. The zero-order chi connectivity index (χ0) is 17.3. The van der Waals surface area contributed by atoms with Gasteiger partial charge in [0.05, 0.1) is 0 Å². The molecule has 3 aromatic rings. The molecule has 0 aliphatic carbocycles. The summed E-state index contributed by atoms with van der Waals surface area (Å²) in [6.45, 7) is 3.29. The van der Waals surface area contributed by atoms with Crippen LogP contribution < -0.4 is 5.32 Å². The molecule has 0 aliphatic heterocycles. The van der Waals surface area contributed by atoms with Gasteiger partial charge in [0, 0.05) is 12.0 Å². The van der Waals surface area contributed by atoms with Crippen molar-refractivity contribution in [1.82, 2.24) is 5.32 Å². The lowest BCUT2D eigenvalue weighted by atomic mass is 9.88. The lowest BCUT2D eigenvalue weighted by Gasteiger charge is -2.20. The highest BCUT2D eigenvalue weighted by molar-refractivity contribution is 5.85. The van der Waals surface area contributed by atoms with Crippen molar-refractivity contribution in [3.63, 3.8) is 0 Å². The van der Waals surface area contributed by atoms with Gasteiger partial charge in [-0.1, -0.05) is 91.0 Å².